The minimum atomic E-state index is -0.409. The Morgan fingerprint density at radius 1 is 1.50 bits per heavy atom. The molecule has 1 aromatic carbocycles. The Balaban J connectivity index is 2.36. The van der Waals surface area contributed by atoms with Gasteiger partial charge in [-0.1, -0.05) is 28.1 Å². The predicted octanol–water partition coefficient (Wildman–Crippen LogP) is 1.63. The molecular weight excluding hydrogens is 242 g/mol. The Labute approximate surface area is 92.3 Å². The summed E-state index contributed by atoms with van der Waals surface area (Å²) in [5.41, 5.74) is 8.26. The fourth-order valence-electron chi connectivity index (χ4n) is 2.03. The van der Waals surface area contributed by atoms with E-state index in [1.54, 1.807) is 0 Å². The van der Waals surface area contributed by atoms with Crippen LogP contribution in [0.15, 0.2) is 22.7 Å². The average Bonchev–Trinajstić information content (AvgIpc) is 2.18. The standard InChI is InChI=1S/C11H14BrNO/c12-10-3-1-2-8-6-11(13,7-14)5-4-9(8)10/h1-3,14H,4-7,13H2. The zero-order valence-corrected chi connectivity index (χ0v) is 9.55. The topological polar surface area (TPSA) is 46.2 Å². The molecule has 14 heavy (non-hydrogen) atoms. The zero-order valence-electron chi connectivity index (χ0n) is 7.96. The molecule has 2 rings (SSSR count). The fraction of sp³-hybridized carbons (Fsp3) is 0.455. The smallest absolute Gasteiger partial charge is 0.0614 e. The number of nitrogens with two attached hydrogens (primary N) is 1. The molecular formula is C11H14BrNO. The van der Waals surface area contributed by atoms with Gasteiger partial charge in [0.25, 0.3) is 0 Å². The molecule has 1 aliphatic carbocycles. The number of hydrogen-bond donors (Lipinski definition) is 2. The normalized spacial score (nSPS) is 25.9. The lowest BCUT2D eigenvalue weighted by atomic mass is 9.79. The average molecular weight is 256 g/mol. The summed E-state index contributed by atoms with van der Waals surface area (Å²) in [4.78, 5) is 0. The van der Waals surface area contributed by atoms with E-state index < -0.39 is 5.54 Å². The third kappa shape index (κ3) is 1.72. The van der Waals surface area contributed by atoms with Crippen LogP contribution >= 0.6 is 15.9 Å². The first-order valence-electron chi connectivity index (χ1n) is 4.81. The van der Waals surface area contributed by atoms with Crippen molar-refractivity contribution in [3.05, 3.63) is 33.8 Å². The molecule has 2 nitrogen and oxygen atoms in total. The van der Waals surface area contributed by atoms with E-state index in [4.69, 9.17) is 5.73 Å². The van der Waals surface area contributed by atoms with Crippen LogP contribution in [-0.2, 0) is 12.8 Å². The van der Waals surface area contributed by atoms with Gasteiger partial charge in [-0.2, -0.15) is 0 Å². The Bertz CT molecular complexity index is 353. The molecule has 0 spiro atoms. The molecule has 0 radical (unpaired) electrons. The molecule has 0 saturated heterocycles. The molecule has 0 bridgehead atoms. The second kappa shape index (κ2) is 3.65. The van der Waals surface area contributed by atoms with E-state index in [-0.39, 0.29) is 6.61 Å². The van der Waals surface area contributed by atoms with E-state index in [1.165, 1.54) is 11.1 Å². The highest BCUT2D eigenvalue weighted by molar-refractivity contribution is 9.10. The van der Waals surface area contributed by atoms with Crippen LogP contribution in [0, 0.1) is 0 Å². The van der Waals surface area contributed by atoms with E-state index in [0.717, 1.165) is 23.7 Å². The summed E-state index contributed by atoms with van der Waals surface area (Å²) in [6.07, 6.45) is 2.59. The van der Waals surface area contributed by atoms with Gasteiger partial charge in [-0.05, 0) is 36.5 Å². The van der Waals surface area contributed by atoms with Crippen molar-refractivity contribution in [3.8, 4) is 0 Å². The van der Waals surface area contributed by atoms with Crippen LogP contribution in [-0.4, -0.2) is 17.3 Å². The van der Waals surface area contributed by atoms with Crippen LogP contribution in [0.4, 0.5) is 0 Å². The van der Waals surface area contributed by atoms with E-state index in [2.05, 4.69) is 28.1 Å². The largest absolute Gasteiger partial charge is 0.394 e. The Morgan fingerprint density at radius 2 is 2.29 bits per heavy atom. The first-order valence-corrected chi connectivity index (χ1v) is 5.60. The molecule has 3 heteroatoms. The maximum absolute atomic E-state index is 9.21. The lowest BCUT2D eigenvalue weighted by Crippen LogP contribution is -2.48. The van der Waals surface area contributed by atoms with Gasteiger partial charge in [0, 0.05) is 10.0 Å². The summed E-state index contributed by atoms with van der Waals surface area (Å²) in [6, 6.07) is 6.17. The van der Waals surface area contributed by atoms with Gasteiger partial charge >= 0.3 is 0 Å². The van der Waals surface area contributed by atoms with Gasteiger partial charge in [0.05, 0.1) is 6.61 Å². The summed E-state index contributed by atoms with van der Waals surface area (Å²) in [6.45, 7) is 0.0684. The number of hydrogen-bond acceptors (Lipinski definition) is 2. The predicted molar refractivity (Wildman–Crippen MR) is 60.2 cm³/mol. The molecule has 1 aliphatic rings. The molecule has 76 valence electrons. The van der Waals surface area contributed by atoms with Crippen LogP contribution in [0.2, 0.25) is 0 Å². The summed E-state index contributed by atoms with van der Waals surface area (Å²) >= 11 is 3.54. The number of benzene rings is 1. The van der Waals surface area contributed by atoms with Crippen molar-refractivity contribution in [1.29, 1.82) is 0 Å². The van der Waals surface area contributed by atoms with Crippen molar-refractivity contribution in [2.75, 3.05) is 6.61 Å². The molecule has 0 saturated carbocycles. The lowest BCUT2D eigenvalue weighted by molar-refractivity contribution is 0.181. The summed E-state index contributed by atoms with van der Waals surface area (Å²) < 4.78 is 1.16. The monoisotopic (exact) mass is 255 g/mol. The second-order valence-electron chi connectivity index (χ2n) is 4.07. The van der Waals surface area contributed by atoms with E-state index in [1.807, 2.05) is 6.07 Å². The highest BCUT2D eigenvalue weighted by Crippen LogP contribution is 2.31. The van der Waals surface area contributed by atoms with Crippen molar-refractivity contribution >= 4 is 15.9 Å². The van der Waals surface area contributed by atoms with Crippen molar-refractivity contribution in [3.63, 3.8) is 0 Å². The van der Waals surface area contributed by atoms with E-state index in [0.29, 0.717) is 0 Å². The number of rotatable bonds is 1. The molecule has 0 heterocycles. The van der Waals surface area contributed by atoms with Crippen LogP contribution in [0.1, 0.15) is 17.5 Å². The van der Waals surface area contributed by atoms with Gasteiger partial charge < -0.3 is 10.8 Å². The fourth-order valence-corrected chi connectivity index (χ4v) is 2.63. The first-order chi connectivity index (χ1) is 6.64. The lowest BCUT2D eigenvalue weighted by Gasteiger charge is -2.33. The van der Waals surface area contributed by atoms with Crippen LogP contribution in [0.3, 0.4) is 0 Å². The van der Waals surface area contributed by atoms with Gasteiger partial charge in [0.2, 0.25) is 0 Å². The summed E-state index contributed by atoms with van der Waals surface area (Å²) in [5, 5.41) is 9.21. The maximum atomic E-state index is 9.21. The van der Waals surface area contributed by atoms with Gasteiger partial charge in [-0.25, -0.2) is 0 Å². The quantitative estimate of drug-likeness (QED) is 0.802. The zero-order chi connectivity index (χ0) is 10.2. The summed E-state index contributed by atoms with van der Waals surface area (Å²) in [7, 11) is 0. The molecule has 0 fully saturated rings. The Kier molecular flexibility index (Phi) is 2.64. The van der Waals surface area contributed by atoms with Crippen molar-refractivity contribution < 1.29 is 5.11 Å². The molecule has 1 atom stereocenters. The van der Waals surface area contributed by atoms with E-state index >= 15 is 0 Å². The van der Waals surface area contributed by atoms with Crippen molar-refractivity contribution in [2.45, 2.75) is 24.8 Å². The Morgan fingerprint density at radius 3 is 3.00 bits per heavy atom. The molecule has 3 N–H and O–H groups in total. The van der Waals surface area contributed by atoms with Crippen LogP contribution in [0.25, 0.3) is 0 Å². The van der Waals surface area contributed by atoms with Gasteiger partial charge in [0.15, 0.2) is 0 Å². The first kappa shape index (κ1) is 10.1. The summed E-state index contributed by atoms with van der Waals surface area (Å²) in [5.74, 6) is 0. The second-order valence-corrected chi connectivity index (χ2v) is 4.93. The number of aliphatic hydroxyl groups is 1. The molecule has 0 aliphatic heterocycles. The van der Waals surface area contributed by atoms with Crippen LogP contribution in [0.5, 0.6) is 0 Å². The van der Waals surface area contributed by atoms with Crippen molar-refractivity contribution in [2.24, 2.45) is 5.73 Å². The van der Waals surface area contributed by atoms with Gasteiger partial charge in [-0.3, -0.25) is 0 Å². The molecule has 1 unspecified atom stereocenters. The third-order valence-electron chi connectivity index (χ3n) is 2.95. The van der Waals surface area contributed by atoms with E-state index in [9.17, 15) is 5.11 Å². The van der Waals surface area contributed by atoms with Gasteiger partial charge in [-0.15, -0.1) is 0 Å². The Hall–Kier alpha value is -0.380. The molecule has 0 amide bonds. The number of aliphatic hydroxyl groups excluding tert-OH is 1. The minimum Gasteiger partial charge on any atom is -0.394 e. The molecule has 0 aromatic heterocycles. The highest BCUT2D eigenvalue weighted by atomic mass is 79.9. The number of halogens is 1. The third-order valence-corrected chi connectivity index (χ3v) is 3.69. The highest BCUT2D eigenvalue weighted by Gasteiger charge is 2.30. The number of fused-ring (bicyclic) bond motifs is 1. The van der Waals surface area contributed by atoms with Crippen molar-refractivity contribution in [1.82, 2.24) is 0 Å². The van der Waals surface area contributed by atoms with Crippen LogP contribution < -0.4 is 5.73 Å². The molecule has 1 aromatic rings. The SMILES string of the molecule is NC1(CO)CCc2c(Br)cccc2C1. The maximum Gasteiger partial charge on any atom is 0.0614 e. The van der Waals surface area contributed by atoms with Gasteiger partial charge in [0.1, 0.15) is 0 Å². The minimum absolute atomic E-state index is 0.0684.